The van der Waals surface area contributed by atoms with E-state index in [2.05, 4.69) is 5.32 Å². The maximum Gasteiger partial charge on any atom is 0.253 e. The lowest BCUT2D eigenvalue weighted by molar-refractivity contribution is -0.131. The highest BCUT2D eigenvalue weighted by molar-refractivity contribution is 5.82. The fourth-order valence-corrected chi connectivity index (χ4v) is 2.15. The Morgan fingerprint density at radius 1 is 1.00 bits per heavy atom. The van der Waals surface area contributed by atoms with Gasteiger partial charge in [0, 0.05) is 0 Å². The molecule has 0 saturated heterocycles. The molecule has 0 fully saturated rings. The summed E-state index contributed by atoms with van der Waals surface area (Å²) in [6, 6.07) is 10.5. The Bertz CT molecular complexity index is 679. The molecule has 2 aromatic carbocycles. The van der Waals surface area contributed by atoms with Gasteiger partial charge in [-0.1, -0.05) is 36.4 Å². The van der Waals surface area contributed by atoms with Crippen molar-refractivity contribution in [2.45, 2.75) is 25.2 Å². The van der Waals surface area contributed by atoms with Crippen LogP contribution in [-0.4, -0.2) is 22.2 Å². The van der Waals surface area contributed by atoms with Gasteiger partial charge in [0.1, 0.15) is 0 Å². The minimum atomic E-state index is -1.38. The first-order valence-electron chi connectivity index (χ1n) is 7.06. The summed E-state index contributed by atoms with van der Waals surface area (Å²) in [6.07, 6.45) is -2.62. The number of carbonyl (C=O) groups is 1. The van der Waals surface area contributed by atoms with Crippen LogP contribution in [0.3, 0.4) is 0 Å². The maximum absolute atomic E-state index is 13.2. The SMILES string of the molecule is CC(NC(=O)C(O)c1ccccc1)C(O)c1ccc(F)c(F)c1. The zero-order valence-corrected chi connectivity index (χ0v) is 12.4. The Kier molecular flexibility index (Phi) is 5.41. The molecule has 1 amide bonds. The minimum absolute atomic E-state index is 0.130. The van der Waals surface area contributed by atoms with Gasteiger partial charge in [-0.2, -0.15) is 0 Å². The second-order valence-corrected chi connectivity index (χ2v) is 5.23. The third kappa shape index (κ3) is 4.12. The molecule has 122 valence electrons. The molecular weight excluding hydrogens is 304 g/mol. The van der Waals surface area contributed by atoms with Crippen LogP contribution in [0.15, 0.2) is 48.5 Å². The molecule has 2 rings (SSSR count). The molecule has 0 heterocycles. The van der Waals surface area contributed by atoms with Crippen molar-refractivity contribution in [2.75, 3.05) is 0 Å². The van der Waals surface area contributed by atoms with Crippen molar-refractivity contribution in [3.63, 3.8) is 0 Å². The van der Waals surface area contributed by atoms with E-state index < -0.39 is 35.8 Å². The highest BCUT2D eigenvalue weighted by Crippen LogP contribution is 2.20. The van der Waals surface area contributed by atoms with Crippen LogP contribution in [0.5, 0.6) is 0 Å². The topological polar surface area (TPSA) is 69.6 Å². The third-order valence-electron chi connectivity index (χ3n) is 3.49. The highest BCUT2D eigenvalue weighted by atomic mass is 19.2. The first-order chi connectivity index (χ1) is 10.9. The van der Waals surface area contributed by atoms with E-state index >= 15 is 0 Å². The van der Waals surface area contributed by atoms with Crippen LogP contribution in [-0.2, 0) is 4.79 Å². The lowest BCUT2D eigenvalue weighted by Gasteiger charge is -2.22. The molecule has 0 aromatic heterocycles. The molecule has 0 bridgehead atoms. The summed E-state index contributed by atoms with van der Waals surface area (Å²) in [4.78, 5) is 12.0. The molecular formula is C17H17F2NO3. The summed E-state index contributed by atoms with van der Waals surface area (Å²) in [7, 11) is 0. The van der Waals surface area contributed by atoms with E-state index in [0.717, 1.165) is 12.1 Å². The number of hydrogen-bond acceptors (Lipinski definition) is 3. The van der Waals surface area contributed by atoms with Crippen molar-refractivity contribution >= 4 is 5.91 Å². The number of nitrogens with one attached hydrogen (secondary N) is 1. The first kappa shape index (κ1) is 17.1. The monoisotopic (exact) mass is 321 g/mol. The average molecular weight is 321 g/mol. The largest absolute Gasteiger partial charge is 0.386 e. The predicted molar refractivity (Wildman–Crippen MR) is 80.3 cm³/mol. The van der Waals surface area contributed by atoms with Crippen molar-refractivity contribution in [3.05, 3.63) is 71.3 Å². The van der Waals surface area contributed by atoms with E-state index in [0.29, 0.717) is 5.56 Å². The molecule has 23 heavy (non-hydrogen) atoms. The van der Waals surface area contributed by atoms with Gasteiger partial charge < -0.3 is 15.5 Å². The number of amides is 1. The second-order valence-electron chi connectivity index (χ2n) is 5.23. The molecule has 2 aromatic rings. The molecule has 3 unspecified atom stereocenters. The van der Waals surface area contributed by atoms with Gasteiger partial charge in [0.15, 0.2) is 17.7 Å². The Balaban J connectivity index is 2.04. The predicted octanol–water partition coefficient (Wildman–Crippen LogP) is 2.24. The summed E-state index contributed by atoms with van der Waals surface area (Å²) in [6.45, 7) is 1.50. The third-order valence-corrected chi connectivity index (χ3v) is 3.49. The van der Waals surface area contributed by atoms with Crippen molar-refractivity contribution < 1.29 is 23.8 Å². The number of carbonyl (C=O) groups excluding carboxylic acids is 1. The number of rotatable bonds is 5. The first-order valence-corrected chi connectivity index (χ1v) is 7.06. The normalized spacial score (nSPS) is 14.8. The average Bonchev–Trinajstić information content (AvgIpc) is 2.56. The summed E-state index contributed by atoms with van der Waals surface area (Å²) in [5, 5.41) is 22.5. The summed E-state index contributed by atoms with van der Waals surface area (Å²) < 4.78 is 26.1. The fraction of sp³-hybridized carbons (Fsp3) is 0.235. The van der Waals surface area contributed by atoms with Gasteiger partial charge in [0.25, 0.3) is 5.91 Å². The standard InChI is InChI=1S/C17H17F2NO3/c1-10(15(21)12-7-8-13(18)14(19)9-12)20-17(23)16(22)11-5-3-2-4-6-11/h2-10,15-16,21-22H,1H3,(H,20,23). The van der Waals surface area contributed by atoms with Crippen LogP contribution in [0, 0.1) is 11.6 Å². The van der Waals surface area contributed by atoms with E-state index in [4.69, 9.17) is 0 Å². The van der Waals surface area contributed by atoms with Gasteiger partial charge in [-0.25, -0.2) is 8.78 Å². The number of halogens is 2. The van der Waals surface area contributed by atoms with Crippen LogP contribution >= 0.6 is 0 Å². The Morgan fingerprint density at radius 3 is 2.26 bits per heavy atom. The summed E-state index contributed by atoms with van der Waals surface area (Å²) in [5.74, 6) is -2.79. The van der Waals surface area contributed by atoms with Crippen molar-refractivity contribution in [1.82, 2.24) is 5.32 Å². The zero-order valence-electron chi connectivity index (χ0n) is 12.4. The molecule has 0 aliphatic heterocycles. The van der Waals surface area contributed by atoms with Crippen molar-refractivity contribution in [1.29, 1.82) is 0 Å². The van der Waals surface area contributed by atoms with Gasteiger partial charge in [-0.3, -0.25) is 4.79 Å². The molecule has 0 aliphatic carbocycles. The van der Waals surface area contributed by atoms with E-state index in [1.54, 1.807) is 30.3 Å². The minimum Gasteiger partial charge on any atom is -0.386 e. The van der Waals surface area contributed by atoms with Crippen molar-refractivity contribution in [2.24, 2.45) is 0 Å². The van der Waals surface area contributed by atoms with E-state index in [1.165, 1.54) is 13.0 Å². The van der Waals surface area contributed by atoms with Crippen LogP contribution in [0.4, 0.5) is 8.78 Å². The van der Waals surface area contributed by atoms with Crippen LogP contribution in [0.25, 0.3) is 0 Å². The maximum atomic E-state index is 13.2. The van der Waals surface area contributed by atoms with Gasteiger partial charge in [-0.05, 0) is 30.2 Å². The van der Waals surface area contributed by atoms with E-state index in [9.17, 15) is 23.8 Å². The van der Waals surface area contributed by atoms with Crippen molar-refractivity contribution in [3.8, 4) is 0 Å². The molecule has 4 nitrogen and oxygen atoms in total. The summed E-state index contributed by atoms with van der Waals surface area (Å²) in [5.41, 5.74) is 0.547. The molecule has 0 radical (unpaired) electrons. The van der Waals surface area contributed by atoms with Gasteiger partial charge in [-0.15, -0.1) is 0 Å². The number of hydrogen-bond donors (Lipinski definition) is 3. The van der Waals surface area contributed by atoms with Gasteiger partial charge in [0.05, 0.1) is 12.1 Å². The molecule has 0 spiro atoms. The lowest BCUT2D eigenvalue weighted by atomic mass is 10.0. The smallest absolute Gasteiger partial charge is 0.253 e. The molecule has 0 saturated carbocycles. The van der Waals surface area contributed by atoms with Crippen LogP contribution < -0.4 is 5.32 Å². The number of benzene rings is 2. The van der Waals surface area contributed by atoms with Crippen LogP contribution in [0.2, 0.25) is 0 Å². The molecule has 0 aliphatic rings. The Morgan fingerprint density at radius 2 is 1.65 bits per heavy atom. The van der Waals surface area contributed by atoms with Crippen LogP contribution in [0.1, 0.15) is 30.3 Å². The molecule has 3 atom stereocenters. The van der Waals surface area contributed by atoms with Gasteiger partial charge in [0.2, 0.25) is 0 Å². The second kappa shape index (κ2) is 7.30. The highest BCUT2D eigenvalue weighted by Gasteiger charge is 2.24. The number of aliphatic hydroxyl groups is 2. The molecule has 3 N–H and O–H groups in total. The lowest BCUT2D eigenvalue weighted by Crippen LogP contribution is -2.39. The van der Waals surface area contributed by atoms with E-state index in [1.807, 2.05) is 0 Å². The molecule has 6 heteroatoms. The Labute approximate surface area is 132 Å². The number of aliphatic hydroxyl groups excluding tert-OH is 2. The van der Waals surface area contributed by atoms with E-state index in [-0.39, 0.29) is 5.56 Å². The van der Waals surface area contributed by atoms with Gasteiger partial charge >= 0.3 is 0 Å². The summed E-state index contributed by atoms with van der Waals surface area (Å²) >= 11 is 0. The fourth-order valence-electron chi connectivity index (χ4n) is 2.15. The zero-order chi connectivity index (χ0) is 17.0. The quantitative estimate of drug-likeness (QED) is 0.791. The Hall–Kier alpha value is -2.31.